The van der Waals surface area contributed by atoms with Gasteiger partial charge in [-0.3, -0.25) is 9.69 Å². The van der Waals surface area contributed by atoms with Crippen molar-refractivity contribution in [1.82, 2.24) is 20.4 Å². The molecule has 1 atom stereocenters. The normalized spacial score (nSPS) is 17.4. The smallest absolute Gasteiger partial charge is 0.234 e. The Morgan fingerprint density at radius 3 is 2.65 bits per heavy atom. The maximum absolute atomic E-state index is 11.9. The van der Waals surface area contributed by atoms with Crippen LogP contribution in [0.1, 0.15) is 32.6 Å². The van der Waals surface area contributed by atoms with E-state index in [0.29, 0.717) is 12.3 Å². The van der Waals surface area contributed by atoms with E-state index in [0.717, 1.165) is 38.7 Å². The van der Waals surface area contributed by atoms with E-state index < -0.39 is 6.10 Å². The second kappa shape index (κ2) is 10.2. The molecule has 3 N–H and O–H groups in total. The van der Waals surface area contributed by atoms with Crippen molar-refractivity contribution in [3.63, 3.8) is 0 Å². The second-order valence-corrected chi connectivity index (χ2v) is 6.71. The number of hydrogen-bond donors (Lipinski definition) is 3. The zero-order valence-corrected chi connectivity index (χ0v) is 15.9. The van der Waals surface area contributed by atoms with Crippen molar-refractivity contribution < 1.29 is 14.3 Å². The number of piperazine rings is 1. The number of aliphatic hydroxyl groups is 1. The number of carbonyl (C=O) groups is 1. The largest absolute Gasteiger partial charge is 0.467 e. The molecule has 0 aromatic carbocycles. The van der Waals surface area contributed by atoms with Gasteiger partial charge in [0.1, 0.15) is 11.9 Å². The Labute approximate surface area is 155 Å². The molecule has 1 saturated heterocycles. The van der Waals surface area contributed by atoms with Crippen LogP contribution in [-0.4, -0.2) is 78.6 Å². The Kier molecular flexibility index (Phi) is 7.93. The van der Waals surface area contributed by atoms with Gasteiger partial charge in [-0.05, 0) is 32.9 Å². The summed E-state index contributed by atoms with van der Waals surface area (Å²) in [6, 6.07) is 3.66. The van der Waals surface area contributed by atoms with Gasteiger partial charge in [0.05, 0.1) is 19.4 Å². The van der Waals surface area contributed by atoms with Crippen LogP contribution in [0.25, 0.3) is 0 Å². The number of aliphatic imine (C=N–C) groups is 1. The van der Waals surface area contributed by atoms with Crippen molar-refractivity contribution in [3.8, 4) is 0 Å². The highest BCUT2D eigenvalue weighted by atomic mass is 16.4. The third-order valence-corrected chi connectivity index (χ3v) is 4.11. The van der Waals surface area contributed by atoms with Crippen molar-refractivity contribution in [2.45, 2.75) is 32.9 Å². The minimum atomic E-state index is -0.750. The number of furan rings is 1. The molecule has 26 heavy (non-hydrogen) atoms. The van der Waals surface area contributed by atoms with Gasteiger partial charge in [-0.1, -0.05) is 0 Å². The monoisotopic (exact) mass is 365 g/mol. The fraction of sp³-hybridized carbons (Fsp3) is 0.667. The van der Waals surface area contributed by atoms with Crippen LogP contribution < -0.4 is 10.6 Å². The summed E-state index contributed by atoms with van der Waals surface area (Å²) in [5, 5.41) is 16.3. The summed E-state index contributed by atoms with van der Waals surface area (Å²) in [7, 11) is 0. The van der Waals surface area contributed by atoms with Crippen LogP contribution in [0.5, 0.6) is 0 Å². The molecular formula is C18H31N5O3. The number of hydrogen-bond acceptors (Lipinski definition) is 5. The molecule has 0 aliphatic carbocycles. The molecule has 8 nitrogen and oxygen atoms in total. The SMILES string of the molecule is CCNC(=NCC(O)c1ccco1)N1CCN(CC(=O)NC(C)C)CC1. The van der Waals surface area contributed by atoms with Crippen molar-refractivity contribution in [2.24, 2.45) is 4.99 Å². The van der Waals surface area contributed by atoms with Crippen LogP contribution in [0, 0.1) is 0 Å². The molecular weight excluding hydrogens is 334 g/mol. The average molecular weight is 365 g/mol. The molecule has 0 radical (unpaired) electrons. The highest BCUT2D eigenvalue weighted by Crippen LogP contribution is 2.13. The zero-order valence-electron chi connectivity index (χ0n) is 15.9. The Hall–Kier alpha value is -2.06. The topological polar surface area (TPSA) is 93.3 Å². The van der Waals surface area contributed by atoms with Gasteiger partial charge < -0.3 is 25.1 Å². The van der Waals surface area contributed by atoms with Gasteiger partial charge in [0.2, 0.25) is 5.91 Å². The summed E-state index contributed by atoms with van der Waals surface area (Å²) >= 11 is 0. The van der Waals surface area contributed by atoms with Crippen LogP contribution in [0.3, 0.4) is 0 Å². The van der Waals surface area contributed by atoms with Gasteiger partial charge in [-0.2, -0.15) is 0 Å². The summed E-state index contributed by atoms with van der Waals surface area (Å²) in [6.45, 7) is 10.6. The molecule has 2 rings (SSSR count). The number of amides is 1. The van der Waals surface area contributed by atoms with Crippen molar-refractivity contribution in [2.75, 3.05) is 45.8 Å². The second-order valence-electron chi connectivity index (χ2n) is 6.71. The first-order valence-electron chi connectivity index (χ1n) is 9.26. The van der Waals surface area contributed by atoms with Gasteiger partial charge >= 0.3 is 0 Å². The van der Waals surface area contributed by atoms with Crippen LogP contribution in [-0.2, 0) is 4.79 Å². The number of aliphatic hydroxyl groups excluding tert-OH is 1. The number of rotatable bonds is 7. The first-order valence-corrected chi connectivity index (χ1v) is 9.26. The molecule has 1 aliphatic rings. The van der Waals surface area contributed by atoms with E-state index in [2.05, 4.69) is 25.4 Å². The van der Waals surface area contributed by atoms with E-state index in [1.807, 2.05) is 20.8 Å². The molecule has 1 aliphatic heterocycles. The summed E-state index contributed by atoms with van der Waals surface area (Å²) in [6.07, 6.45) is 0.793. The summed E-state index contributed by atoms with van der Waals surface area (Å²) in [5.74, 6) is 1.37. The number of nitrogens with zero attached hydrogens (tertiary/aromatic N) is 3. The molecule has 146 valence electrons. The van der Waals surface area contributed by atoms with Crippen LogP contribution in [0.15, 0.2) is 27.8 Å². The maximum Gasteiger partial charge on any atom is 0.234 e. The molecule has 0 spiro atoms. The van der Waals surface area contributed by atoms with Crippen molar-refractivity contribution in [3.05, 3.63) is 24.2 Å². The first kappa shape index (κ1) is 20.3. The minimum Gasteiger partial charge on any atom is -0.467 e. The lowest BCUT2D eigenvalue weighted by Crippen LogP contribution is -2.54. The van der Waals surface area contributed by atoms with E-state index >= 15 is 0 Å². The van der Waals surface area contributed by atoms with Crippen LogP contribution >= 0.6 is 0 Å². The molecule has 1 aromatic heterocycles. The summed E-state index contributed by atoms with van der Waals surface area (Å²) in [5.41, 5.74) is 0. The molecule has 1 unspecified atom stereocenters. The van der Waals surface area contributed by atoms with E-state index in [4.69, 9.17) is 4.42 Å². The molecule has 1 fully saturated rings. The average Bonchev–Trinajstić information content (AvgIpc) is 3.13. The Balaban J connectivity index is 1.85. The van der Waals surface area contributed by atoms with Crippen LogP contribution in [0.4, 0.5) is 0 Å². The first-order chi connectivity index (χ1) is 12.5. The minimum absolute atomic E-state index is 0.0654. The molecule has 0 bridgehead atoms. The van der Waals surface area contributed by atoms with E-state index in [9.17, 15) is 9.90 Å². The molecule has 2 heterocycles. The van der Waals surface area contributed by atoms with Gasteiger partial charge in [-0.15, -0.1) is 0 Å². The van der Waals surface area contributed by atoms with Gasteiger partial charge in [0, 0.05) is 38.8 Å². The van der Waals surface area contributed by atoms with Gasteiger partial charge in [-0.25, -0.2) is 4.99 Å². The highest BCUT2D eigenvalue weighted by molar-refractivity contribution is 5.80. The molecule has 8 heteroatoms. The fourth-order valence-electron chi connectivity index (χ4n) is 2.86. The third kappa shape index (κ3) is 6.34. The number of nitrogens with one attached hydrogen (secondary N) is 2. The lowest BCUT2D eigenvalue weighted by Gasteiger charge is -2.36. The summed E-state index contributed by atoms with van der Waals surface area (Å²) < 4.78 is 5.21. The fourth-order valence-corrected chi connectivity index (χ4v) is 2.86. The lowest BCUT2D eigenvalue weighted by molar-refractivity contribution is -0.123. The predicted octanol–water partition coefficient (Wildman–Crippen LogP) is 0.421. The van der Waals surface area contributed by atoms with E-state index in [1.165, 1.54) is 0 Å². The number of guanidine groups is 1. The molecule has 0 saturated carbocycles. The Morgan fingerprint density at radius 1 is 1.35 bits per heavy atom. The lowest BCUT2D eigenvalue weighted by atomic mass is 10.3. The summed E-state index contributed by atoms with van der Waals surface area (Å²) in [4.78, 5) is 20.7. The number of carbonyl (C=O) groups excluding carboxylic acids is 1. The van der Waals surface area contributed by atoms with Gasteiger partial charge in [0.15, 0.2) is 5.96 Å². The van der Waals surface area contributed by atoms with Crippen molar-refractivity contribution in [1.29, 1.82) is 0 Å². The van der Waals surface area contributed by atoms with E-state index in [-0.39, 0.29) is 18.5 Å². The zero-order chi connectivity index (χ0) is 18.9. The predicted molar refractivity (Wildman–Crippen MR) is 101 cm³/mol. The Bertz CT molecular complexity index is 565. The van der Waals surface area contributed by atoms with Gasteiger partial charge in [0.25, 0.3) is 0 Å². The standard InChI is InChI=1S/C18H31N5O3/c1-4-19-18(20-12-15(24)16-6-5-11-26-16)23-9-7-22(8-10-23)13-17(25)21-14(2)3/h5-6,11,14-15,24H,4,7-10,12-13H2,1-3H3,(H,19,20)(H,21,25). The third-order valence-electron chi connectivity index (χ3n) is 4.11. The highest BCUT2D eigenvalue weighted by Gasteiger charge is 2.21. The Morgan fingerprint density at radius 2 is 2.08 bits per heavy atom. The quantitative estimate of drug-likeness (QED) is 0.479. The molecule has 1 aromatic rings. The van der Waals surface area contributed by atoms with Crippen molar-refractivity contribution >= 4 is 11.9 Å². The molecule has 1 amide bonds. The maximum atomic E-state index is 11.9. The van der Waals surface area contributed by atoms with Crippen LogP contribution in [0.2, 0.25) is 0 Å². The van der Waals surface area contributed by atoms with E-state index in [1.54, 1.807) is 18.4 Å².